The van der Waals surface area contributed by atoms with E-state index in [1.54, 1.807) is 18.3 Å². The van der Waals surface area contributed by atoms with E-state index in [1.165, 1.54) is 5.56 Å². The van der Waals surface area contributed by atoms with E-state index >= 15 is 0 Å². The summed E-state index contributed by atoms with van der Waals surface area (Å²) >= 11 is 5.93. The molecule has 1 atom stereocenters. The van der Waals surface area contributed by atoms with Crippen molar-refractivity contribution >= 4 is 23.8 Å². The van der Waals surface area contributed by atoms with Crippen molar-refractivity contribution in [3.63, 3.8) is 0 Å². The molecule has 0 radical (unpaired) electrons. The zero-order valence-corrected chi connectivity index (χ0v) is 16.8. The van der Waals surface area contributed by atoms with Crippen LogP contribution in [0.2, 0.25) is 5.02 Å². The summed E-state index contributed by atoms with van der Waals surface area (Å²) < 4.78 is 5.63. The van der Waals surface area contributed by atoms with Crippen LogP contribution in [0.1, 0.15) is 44.4 Å². The molecular weight excluding hydrogens is 346 g/mol. The SMILES string of the molecule is Cc1ccc(C[C@](C)(/N=C/c2ccc(Cl)cc2)C(=O)OC(C)(C)C)cc1. The van der Waals surface area contributed by atoms with Gasteiger partial charge in [0.1, 0.15) is 5.60 Å². The molecule has 2 aromatic carbocycles. The number of carbonyl (C=O) groups excluding carboxylic acids is 1. The second-order valence-corrected chi connectivity index (χ2v) is 8.18. The van der Waals surface area contributed by atoms with Crippen molar-refractivity contribution in [3.05, 3.63) is 70.2 Å². The molecule has 0 bridgehead atoms. The average molecular weight is 372 g/mol. The number of esters is 1. The number of carbonyl (C=O) groups is 1. The topological polar surface area (TPSA) is 38.7 Å². The summed E-state index contributed by atoms with van der Waals surface area (Å²) in [4.78, 5) is 17.5. The van der Waals surface area contributed by atoms with Gasteiger partial charge in [0.15, 0.2) is 5.54 Å². The van der Waals surface area contributed by atoms with Crippen molar-refractivity contribution in [1.82, 2.24) is 0 Å². The molecule has 0 amide bonds. The molecule has 4 heteroatoms. The molecule has 0 aliphatic carbocycles. The van der Waals surface area contributed by atoms with E-state index in [9.17, 15) is 4.79 Å². The first-order valence-corrected chi connectivity index (χ1v) is 9.05. The zero-order valence-electron chi connectivity index (χ0n) is 16.0. The Kier molecular flexibility index (Phi) is 6.25. The van der Waals surface area contributed by atoms with E-state index in [0.29, 0.717) is 11.4 Å². The van der Waals surface area contributed by atoms with Gasteiger partial charge in [-0.15, -0.1) is 0 Å². The van der Waals surface area contributed by atoms with Gasteiger partial charge >= 0.3 is 5.97 Å². The second-order valence-electron chi connectivity index (χ2n) is 7.75. The van der Waals surface area contributed by atoms with Crippen LogP contribution in [0.5, 0.6) is 0 Å². The standard InChI is InChI=1S/C22H26ClNO2/c1-16-6-8-17(9-7-16)14-22(5,20(25)26-21(2,3)4)24-15-18-10-12-19(23)13-11-18/h6-13,15H,14H2,1-5H3/b24-15+/t22-/m0/s1. The van der Waals surface area contributed by atoms with Crippen molar-refractivity contribution < 1.29 is 9.53 Å². The van der Waals surface area contributed by atoms with Crippen LogP contribution in [0, 0.1) is 6.92 Å². The quantitative estimate of drug-likeness (QED) is 0.520. The molecule has 0 spiro atoms. The fourth-order valence-corrected chi connectivity index (χ4v) is 2.55. The van der Waals surface area contributed by atoms with Gasteiger partial charge in [0.05, 0.1) is 0 Å². The van der Waals surface area contributed by atoms with Gasteiger partial charge in [-0.25, -0.2) is 4.79 Å². The van der Waals surface area contributed by atoms with Crippen molar-refractivity contribution in [1.29, 1.82) is 0 Å². The van der Waals surface area contributed by atoms with Gasteiger partial charge in [-0.05, 0) is 57.9 Å². The summed E-state index contributed by atoms with van der Waals surface area (Å²) in [6.45, 7) is 9.43. The number of hydrogen-bond acceptors (Lipinski definition) is 3. The molecule has 138 valence electrons. The summed E-state index contributed by atoms with van der Waals surface area (Å²) in [7, 11) is 0. The molecule has 0 fully saturated rings. The van der Waals surface area contributed by atoms with Gasteiger partial charge in [-0.1, -0.05) is 53.6 Å². The molecule has 0 aliphatic rings. The Balaban J connectivity index is 2.31. The highest BCUT2D eigenvalue weighted by atomic mass is 35.5. The number of rotatable bonds is 5. The fraction of sp³-hybridized carbons (Fsp3) is 0.364. The molecule has 0 saturated heterocycles. The number of benzene rings is 2. The lowest BCUT2D eigenvalue weighted by atomic mass is 9.92. The third kappa shape index (κ3) is 5.99. The summed E-state index contributed by atoms with van der Waals surface area (Å²) in [6, 6.07) is 15.5. The van der Waals surface area contributed by atoms with Crippen molar-refractivity contribution in [3.8, 4) is 0 Å². The second kappa shape index (κ2) is 8.05. The van der Waals surface area contributed by atoms with Crippen LogP contribution >= 0.6 is 11.6 Å². The van der Waals surface area contributed by atoms with Gasteiger partial charge in [-0.3, -0.25) is 4.99 Å². The van der Waals surface area contributed by atoms with Crippen molar-refractivity contribution in [2.24, 2.45) is 4.99 Å². The molecule has 26 heavy (non-hydrogen) atoms. The van der Waals surface area contributed by atoms with Crippen LogP contribution in [0.25, 0.3) is 0 Å². The zero-order chi connectivity index (χ0) is 19.4. The van der Waals surface area contributed by atoms with Crippen molar-refractivity contribution in [2.45, 2.75) is 52.2 Å². The molecule has 2 rings (SSSR count). The number of aliphatic imine (C=N–C) groups is 1. The Bertz CT molecular complexity index is 773. The predicted octanol–water partition coefficient (Wildman–Crippen LogP) is 5.41. The van der Waals surface area contributed by atoms with E-state index in [2.05, 4.69) is 4.99 Å². The molecule has 0 N–H and O–H groups in total. The molecule has 0 unspecified atom stereocenters. The smallest absolute Gasteiger partial charge is 0.334 e. The fourth-order valence-electron chi connectivity index (χ4n) is 2.43. The minimum Gasteiger partial charge on any atom is -0.458 e. The summed E-state index contributed by atoms with van der Waals surface area (Å²) in [5.74, 6) is -0.337. The maximum atomic E-state index is 12.9. The van der Waals surface area contributed by atoms with Crippen molar-refractivity contribution in [2.75, 3.05) is 0 Å². The highest BCUT2D eigenvalue weighted by Crippen LogP contribution is 2.23. The first-order chi connectivity index (χ1) is 12.1. The lowest BCUT2D eigenvalue weighted by Crippen LogP contribution is -2.41. The van der Waals surface area contributed by atoms with E-state index in [0.717, 1.165) is 11.1 Å². The van der Waals surface area contributed by atoms with Crippen LogP contribution in [0.3, 0.4) is 0 Å². The maximum Gasteiger partial charge on any atom is 0.334 e. The Labute approximate surface area is 161 Å². The van der Waals surface area contributed by atoms with Crippen LogP contribution < -0.4 is 0 Å². The molecule has 0 heterocycles. The summed E-state index contributed by atoms with van der Waals surface area (Å²) in [6.07, 6.45) is 2.17. The third-order valence-electron chi connectivity index (χ3n) is 3.88. The number of nitrogens with zero attached hydrogens (tertiary/aromatic N) is 1. The van der Waals surface area contributed by atoms with Gasteiger partial charge < -0.3 is 4.74 Å². The Hall–Kier alpha value is -2.13. The summed E-state index contributed by atoms with van der Waals surface area (Å²) in [5.41, 5.74) is 1.52. The third-order valence-corrected chi connectivity index (χ3v) is 4.13. The van der Waals surface area contributed by atoms with Crippen LogP contribution in [-0.4, -0.2) is 23.3 Å². The van der Waals surface area contributed by atoms with Crippen LogP contribution in [-0.2, 0) is 16.0 Å². The average Bonchev–Trinajstić information content (AvgIpc) is 2.55. The minimum atomic E-state index is -1.01. The Morgan fingerprint density at radius 1 is 1.04 bits per heavy atom. The minimum absolute atomic E-state index is 0.337. The largest absolute Gasteiger partial charge is 0.458 e. The van der Waals surface area contributed by atoms with Gasteiger partial charge in [-0.2, -0.15) is 0 Å². The lowest BCUT2D eigenvalue weighted by molar-refractivity contribution is -0.160. The molecule has 2 aromatic rings. The monoisotopic (exact) mass is 371 g/mol. The van der Waals surface area contributed by atoms with Gasteiger partial charge in [0.25, 0.3) is 0 Å². The molecule has 0 saturated carbocycles. The molecule has 3 nitrogen and oxygen atoms in total. The summed E-state index contributed by atoms with van der Waals surface area (Å²) in [5, 5.41) is 0.664. The molecular formula is C22H26ClNO2. The number of hydrogen-bond donors (Lipinski definition) is 0. The van der Waals surface area contributed by atoms with E-state index in [1.807, 2.05) is 71.0 Å². The van der Waals surface area contributed by atoms with Crippen LogP contribution in [0.15, 0.2) is 53.5 Å². The van der Waals surface area contributed by atoms with E-state index in [-0.39, 0.29) is 5.97 Å². The van der Waals surface area contributed by atoms with Gasteiger partial charge in [0, 0.05) is 17.7 Å². The van der Waals surface area contributed by atoms with E-state index in [4.69, 9.17) is 16.3 Å². The molecule has 0 aromatic heterocycles. The number of halogens is 1. The maximum absolute atomic E-state index is 12.9. The number of aryl methyl sites for hydroxylation is 1. The Morgan fingerprint density at radius 2 is 1.62 bits per heavy atom. The molecule has 0 aliphatic heterocycles. The van der Waals surface area contributed by atoms with Crippen LogP contribution in [0.4, 0.5) is 0 Å². The predicted molar refractivity (Wildman–Crippen MR) is 108 cm³/mol. The van der Waals surface area contributed by atoms with Gasteiger partial charge in [0.2, 0.25) is 0 Å². The first kappa shape index (κ1) is 20.2. The highest BCUT2D eigenvalue weighted by molar-refractivity contribution is 6.30. The van der Waals surface area contributed by atoms with E-state index < -0.39 is 11.1 Å². The normalized spacial score (nSPS) is 14.2. The Morgan fingerprint density at radius 3 is 2.15 bits per heavy atom. The number of ether oxygens (including phenoxy) is 1. The first-order valence-electron chi connectivity index (χ1n) is 8.67. The highest BCUT2D eigenvalue weighted by Gasteiger charge is 2.36. The lowest BCUT2D eigenvalue weighted by Gasteiger charge is -2.28.